The van der Waals surface area contributed by atoms with Crippen molar-refractivity contribution in [2.45, 2.75) is 44.6 Å². The molecule has 9 nitrogen and oxygen atoms in total. The molecule has 2 heterocycles. The van der Waals surface area contributed by atoms with Gasteiger partial charge in [0, 0.05) is 25.7 Å². The number of morpholine rings is 1. The van der Waals surface area contributed by atoms with Gasteiger partial charge in [0.25, 0.3) is 0 Å². The van der Waals surface area contributed by atoms with Gasteiger partial charge in [0.2, 0.25) is 11.6 Å². The Hall–Kier alpha value is -2.00. The van der Waals surface area contributed by atoms with E-state index in [9.17, 15) is 10.1 Å². The molecule has 2 aliphatic rings. The van der Waals surface area contributed by atoms with E-state index < -0.39 is 4.92 Å². The number of hydrogen-bond donors (Lipinski definition) is 2. The van der Waals surface area contributed by atoms with Crippen LogP contribution in [0.2, 0.25) is 0 Å². The molecule has 1 aromatic rings. The summed E-state index contributed by atoms with van der Waals surface area (Å²) in [6, 6.07) is 0.256. The highest BCUT2D eigenvalue weighted by Crippen LogP contribution is 2.31. The largest absolute Gasteiger partial charge is 0.379 e. The number of aromatic nitrogens is 2. The van der Waals surface area contributed by atoms with Gasteiger partial charge in [-0.25, -0.2) is 9.97 Å². The van der Waals surface area contributed by atoms with E-state index in [-0.39, 0.29) is 11.7 Å². The minimum absolute atomic E-state index is 0.0514. The van der Waals surface area contributed by atoms with Gasteiger partial charge >= 0.3 is 5.69 Å². The van der Waals surface area contributed by atoms with Crippen molar-refractivity contribution in [3.05, 3.63) is 16.4 Å². The SMILES string of the molecule is O=[N+]([O-])c1c(NCCCN2CCOCC2)ncnc1NC1CCCCC1. The molecule has 0 amide bonds. The molecule has 0 atom stereocenters. The quantitative estimate of drug-likeness (QED) is 0.411. The first kappa shape index (κ1) is 18.8. The maximum Gasteiger partial charge on any atom is 0.353 e. The van der Waals surface area contributed by atoms with Crippen molar-refractivity contribution >= 4 is 17.3 Å². The van der Waals surface area contributed by atoms with Crippen LogP contribution in [0.25, 0.3) is 0 Å². The van der Waals surface area contributed by atoms with Crippen molar-refractivity contribution < 1.29 is 9.66 Å². The van der Waals surface area contributed by atoms with Gasteiger partial charge in [0.15, 0.2) is 0 Å². The first-order valence-electron chi connectivity index (χ1n) is 9.54. The molecular weight excluding hydrogens is 336 g/mol. The molecule has 1 aromatic heterocycles. The molecule has 26 heavy (non-hydrogen) atoms. The van der Waals surface area contributed by atoms with Crippen molar-refractivity contribution in [2.75, 3.05) is 50.0 Å². The summed E-state index contributed by atoms with van der Waals surface area (Å²) in [5, 5.41) is 18.0. The van der Waals surface area contributed by atoms with Gasteiger partial charge in [-0.2, -0.15) is 0 Å². The summed E-state index contributed by atoms with van der Waals surface area (Å²) in [5.74, 6) is 0.623. The molecule has 3 rings (SSSR count). The third-order valence-electron chi connectivity index (χ3n) is 5.00. The minimum atomic E-state index is -0.393. The highest BCUT2D eigenvalue weighted by atomic mass is 16.6. The average Bonchev–Trinajstić information content (AvgIpc) is 2.67. The smallest absolute Gasteiger partial charge is 0.353 e. The topological polar surface area (TPSA) is 105 Å². The lowest BCUT2D eigenvalue weighted by atomic mass is 9.95. The second-order valence-corrected chi connectivity index (χ2v) is 6.89. The number of hydrogen-bond acceptors (Lipinski definition) is 8. The van der Waals surface area contributed by atoms with Crippen molar-refractivity contribution in [3.8, 4) is 0 Å². The third kappa shape index (κ3) is 5.25. The number of anilines is 2. The molecule has 1 saturated carbocycles. The summed E-state index contributed by atoms with van der Waals surface area (Å²) in [7, 11) is 0. The monoisotopic (exact) mass is 364 g/mol. The Morgan fingerprint density at radius 1 is 1.19 bits per heavy atom. The number of nitrogens with zero attached hydrogens (tertiary/aromatic N) is 4. The van der Waals surface area contributed by atoms with Crippen molar-refractivity contribution in [1.82, 2.24) is 14.9 Å². The van der Waals surface area contributed by atoms with Crippen LogP contribution in [0, 0.1) is 10.1 Å². The van der Waals surface area contributed by atoms with Gasteiger partial charge in [0.05, 0.1) is 18.1 Å². The molecule has 9 heteroatoms. The van der Waals surface area contributed by atoms with Crippen LogP contribution in [0.4, 0.5) is 17.3 Å². The number of nitro groups is 1. The van der Waals surface area contributed by atoms with Crippen LogP contribution in [0.5, 0.6) is 0 Å². The number of nitrogens with one attached hydrogen (secondary N) is 2. The Morgan fingerprint density at radius 2 is 1.92 bits per heavy atom. The van der Waals surface area contributed by atoms with E-state index in [0.29, 0.717) is 18.2 Å². The Kier molecular flexibility index (Phi) is 6.96. The van der Waals surface area contributed by atoms with E-state index in [1.54, 1.807) is 0 Å². The van der Waals surface area contributed by atoms with Crippen LogP contribution in [0.1, 0.15) is 38.5 Å². The maximum absolute atomic E-state index is 11.6. The second kappa shape index (κ2) is 9.63. The number of rotatable bonds is 8. The van der Waals surface area contributed by atoms with Gasteiger partial charge in [-0.05, 0) is 25.8 Å². The summed E-state index contributed by atoms with van der Waals surface area (Å²) >= 11 is 0. The van der Waals surface area contributed by atoms with Crippen molar-refractivity contribution in [2.24, 2.45) is 0 Å². The fourth-order valence-corrected chi connectivity index (χ4v) is 3.56. The van der Waals surface area contributed by atoms with Crippen LogP contribution in [-0.4, -0.2) is 65.2 Å². The average molecular weight is 364 g/mol. The van der Waals surface area contributed by atoms with Gasteiger partial charge in [-0.1, -0.05) is 19.3 Å². The standard InChI is InChI=1S/C17H28N6O3/c24-23(25)15-16(18-7-4-8-22-9-11-26-12-10-22)19-13-20-17(15)21-14-5-2-1-3-6-14/h13-14H,1-12H2,(H2,18,19,20,21). The molecule has 0 bridgehead atoms. The first-order chi connectivity index (χ1) is 12.7. The van der Waals surface area contributed by atoms with Crippen molar-refractivity contribution in [1.29, 1.82) is 0 Å². The Labute approximate surface area is 153 Å². The Balaban J connectivity index is 1.57. The molecule has 1 aliphatic heterocycles. The van der Waals surface area contributed by atoms with E-state index in [1.807, 2.05) is 0 Å². The maximum atomic E-state index is 11.6. The molecule has 1 saturated heterocycles. The van der Waals surface area contributed by atoms with E-state index >= 15 is 0 Å². The van der Waals surface area contributed by atoms with Gasteiger partial charge in [-0.3, -0.25) is 15.0 Å². The zero-order chi connectivity index (χ0) is 18.2. The fourth-order valence-electron chi connectivity index (χ4n) is 3.56. The summed E-state index contributed by atoms with van der Waals surface area (Å²) < 4.78 is 5.34. The molecule has 0 radical (unpaired) electrons. The predicted molar refractivity (Wildman–Crippen MR) is 99.5 cm³/mol. The van der Waals surface area contributed by atoms with E-state index in [1.165, 1.54) is 12.7 Å². The molecule has 0 spiro atoms. The second-order valence-electron chi connectivity index (χ2n) is 6.89. The van der Waals surface area contributed by atoms with E-state index in [4.69, 9.17) is 4.74 Å². The van der Waals surface area contributed by atoms with Gasteiger partial charge in [-0.15, -0.1) is 0 Å². The molecular formula is C17H28N6O3. The molecule has 144 valence electrons. The highest BCUT2D eigenvalue weighted by molar-refractivity contribution is 5.69. The molecule has 2 N–H and O–H groups in total. The molecule has 0 aromatic carbocycles. The summed E-state index contributed by atoms with van der Waals surface area (Å²) in [4.78, 5) is 21.8. The summed E-state index contributed by atoms with van der Waals surface area (Å²) in [6.07, 6.45) is 7.90. The summed E-state index contributed by atoms with van der Waals surface area (Å²) in [6.45, 7) is 5.04. The van der Waals surface area contributed by atoms with Crippen LogP contribution < -0.4 is 10.6 Å². The molecule has 1 aliphatic carbocycles. The lowest BCUT2D eigenvalue weighted by Crippen LogP contribution is -2.37. The van der Waals surface area contributed by atoms with Crippen LogP contribution in [0.15, 0.2) is 6.33 Å². The predicted octanol–water partition coefficient (Wildman–Crippen LogP) is 2.26. The lowest BCUT2D eigenvalue weighted by Gasteiger charge is -2.26. The fraction of sp³-hybridized carbons (Fsp3) is 0.765. The lowest BCUT2D eigenvalue weighted by molar-refractivity contribution is -0.383. The Bertz CT molecular complexity index is 588. The normalized spacial score (nSPS) is 19.2. The summed E-state index contributed by atoms with van der Waals surface area (Å²) in [5.41, 5.74) is -0.0514. The third-order valence-corrected chi connectivity index (χ3v) is 5.00. The van der Waals surface area contributed by atoms with E-state index in [2.05, 4.69) is 25.5 Å². The van der Waals surface area contributed by atoms with Crippen LogP contribution in [0.3, 0.4) is 0 Å². The van der Waals surface area contributed by atoms with Gasteiger partial charge < -0.3 is 15.4 Å². The number of ether oxygens (including phenoxy) is 1. The van der Waals surface area contributed by atoms with Crippen molar-refractivity contribution in [3.63, 3.8) is 0 Å². The zero-order valence-corrected chi connectivity index (χ0v) is 15.2. The zero-order valence-electron chi connectivity index (χ0n) is 15.2. The molecule has 0 unspecified atom stereocenters. The van der Waals surface area contributed by atoms with E-state index in [0.717, 1.165) is 65.0 Å². The van der Waals surface area contributed by atoms with Crippen LogP contribution >= 0.6 is 0 Å². The highest BCUT2D eigenvalue weighted by Gasteiger charge is 2.25. The molecule has 2 fully saturated rings. The Morgan fingerprint density at radius 3 is 2.65 bits per heavy atom. The first-order valence-corrected chi connectivity index (χ1v) is 9.54. The minimum Gasteiger partial charge on any atom is -0.379 e. The van der Waals surface area contributed by atoms with Crippen LogP contribution in [-0.2, 0) is 4.74 Å². The van der Waals surface area contributed by atoms with Gasteiger partial charge in [0.1, 0.15) is 6.33 Å².